The van der Waals surface area contributed by atoms with Crippen molar-refractivity contribution in [2.45, 2.75) is 198 Å². The number of rotatable bonds is 34. The number of carbonyl (C=O) groups is 2. The first-order valence-corrected chi connectivity index (χ1v) is 21.5. The lowest BCUT2D eigenvalue weighted by Crippen LogP contribution is -2.59. The molecule has 1 rings (SSSR count). The van der Waals surface area contributed by atoms with Crippen molar-refractivity contribution in [2.75, 3.05) is 19.8 Å². The summed E-state index contributed by atoms with van der Waals surface area (Å²) in [5.41, 5.74) is 3.29. The van der Waals surface area contributed by atoms with E-state index in [9.17, 15) is 30.0 Å². The molecule has 0 aliphatic carbocycles. The van der Waals surface area contributed by atoms with Crippen LogP contribution < -0.4 is 0 Å². The molecule has 0 aromatic rings. The molecule has 0 saturated carbocycles. The van der Waals surface area contributed by atoms with E-state index < -0.39 is 55.4 Å². The number of esters is 2. The average molecular weight is 777 g/mol. The van der Waals surface area contributed by atoms with Crippen LogP contribution in [0.1, 0.15) is 162 Å². The molecule has 1 saturated heterocycles. The Morgan fingerprint density at radius 2 is 1.13 bits per heavy atom. The van der Waals surface area contributed by atoms with Gasteiger partial charge in [0.05, 0.1) is 13.2 Å². The molecule has 4 N–H and O–H groups in total. The second-order valence-corrected chi connectivity index (χ2v) is 14.5. The van der Waals surface area contributed by atoms with Gasteiger partial charge in [0, 0.05) is 12.8 Å². The van der Waals surface area contributed by atoms with E-state index in [0.29, 0.717) is 12.8 Å². The number of hydrogen-bond donors (Lipinski definition) is 4. The molecule has 1 heterocycles. The smallest absolute Gasteiger partial charge is 0.306 e. The highest BCUT2D eigenvalue weighted by atomic mass is 16.7. The van der Waals surface area contributed by atoms with Crippen LogP contribution in [0.4, 0.5) is 0 Å². The van der Waals surface area contributed by atoms with Crippen molar-refractivity contribution in [1.29, 1.82) is 0 Å². The van der Waals surface area contributed by atoms with Crippen LogP contribution in [-0.4, -0.2) is 89.0 Å². The van der Waals surface area contributed by atoms with Crippen LogP contribution in [0.25, 0.3) is 0 Å². The molecule has 0 spiro atoms. The maximum absolute atomic E-state index is 12.7. The summed E-state index contributed by atoms with van der Waals surface area (Å²) < 4.78 is 22.1. The van der Waals surface area contributed by atoms with Gasteiger partial charge in [0.15, 0.2) is 12.4 Å². The molecule has 10 heteroatoms. The third kappa shape index (κ3) is 27.6. The first-order chi connectivity index (χ1) is 26.8. The third-order valence-electron chi connectivity index (χ3n) is 9.46. The topological polar surface area (TPSA) is 152 Å². The molecule has 0 bridgehead atoms. The van der Waals surface area contributed by atoms with Gasteiger partial charge in [-0.05, 0) is 89.2 Å². The van der Waals surface area contributed by atoms with Crippen molar-refractivity contribution in [3.8, 4) is 0 Å². The van der Waals surface area contributed by atoms with Crippen LogP contribution in [0.3, 0.4) is 0 Å². The fourth-order valence-electron chi connectivity index (χ4n) is 5.99. The molecule has 2 unspecified atom stereocenters. The highest BCUT2D eigenvalue weighted by Gasteiger charge is 2.44. The summed E-state index contributed by atoms with van der Waals surface area (Å²) in [6, 6.07) is 0. The standard InChI is InChI=1S/C45H76O10/c1-3-5-7-9-11-13-15-17-19-21-23-25-27-29-31-33-40(47)52-36-38(37-53-45-44(51)43(50)42(49)39(35-46)55-45)54-41(48)34-32-30-28-26-24-22-20-18-16-14-12-10-8-6-4-2/h12,14-15,18-20,24,26,38-39,42-46,49-51H,3-11,13,16,21-23,25,27-37H2,1-2H3/b14-12+,20-18+,26-24+/t17?,38-,39-,42+,43?,44?,45-/m0/s1. The molecular formula is C45H76O10. The van der Waals surface area contributed by atoms with Gasteiger partial charge in [-0.2, -0.15) is 0 Å². The van der Waals surface area contributed by atoms with Crippen molar-refractivity contribution in [1.82, 2.24) is 0 Å². The van der Waals surface area contributed by atoms with Crippen LogP contribution in [0.15, 0.2) is 54.3 Å². The number of allylic oxidation sites excluding steroid dienone is 7. The maximum Gasteiger partial charge on any atom is 0.306 e. The molecular weight excluding hydrogens is 700 g/mol. The minimum atomic E-state index is -1.61. The van der Waals surface area contributed by atoms with Gasteiger partial charge in [0.2, 0.25) is 0 Å². The number of carbonyl (C=O) groups excluding carboxylic acids is 2. The summed E-state index contributed by atoms with van der Waals surface area (Å²) in [5.74, 6) is -0.877. The SMILES string of the molecule is CCCCC/C=C/C/C=C/C/C=C/CCCCC(=O)O[C@@H](COC(=O)CCCCCCCC=C=CCCCCCCC)CO[C@H]1O[C@@H](CO)[C@@H](O)C(O)C1O. The van der Waals surface area contributed by atoms with Gasteiger partial charge in [-0.25, -0.2) is 0 Å². The highest BCUT2D eigenvalue weighted by molar-refractivity contribution is 5.70. The van der Waals surface area contributed by atoms with E-state index in [4.69, 9.17) is 18.9 Å². The van der Waals surface area contributed by atoms with Gasteiger partial charge in [0.1, 0.15) is 31.0 Å². The molecule has 0 radical (unpaired) electrons. The Morgan fingerprint density at radius 1 is 0.618 bits per heavy atom. The van der Waals surface area contributed by atoms with Crippen LogP contribution in [0.5, 0.6) is 0 Å². The zero-order valence-electron chi connectivity index (χ0n) is 34.2. The van der Waals surface area contributed by atoms with Crippen LogP contribution >= 0.6 is 0 Å². The molecule has 0 aromatic carbocycles. The molecule has 10 nitrogen and oxygen atoms in total. The highest BCUT2D eigenvalue weighted by Crippen LogP contribution is 2.22. The zero-order chi connectivity index (χ0) is 40.2. The first kappa shape index (κ1) is 50.5. The zero-order valence-corrected chi connectivity index (χ0v) is 34.2. The third-order valence-corrected chi connectivity index (χ3v) is 9.46. The number of aliphatic hydroxyl groups is 4. The van der Waals surface area contributed by atoms with Gasteiger partial charge in [-0.15, -0.1) is 5.73 Å². The molecule has 1 aliphatic heterocycles. The molecule has 0 aromatic heterocycles. The van der Waals surface area contributed by atoms with E-state index in [1.54, 1.807) is 0 Å². The molecule has 316 valence electrons. The summed E-state index contributed by atoms with van der Waals surface area (Å²) in [4.78, 5) is 25.3. The lowest BCUT2D eigenvalue weighted by Gasteiger charge is -2.39. The van der Waals surface area contributed by atoms with Crippen molar-refractivity contribution < 1.29 is 49.0 Å². The Bertz CT molecular complexity index is 1090. The van der Waals surface area contributed by atoms with E-state index >= 15 is 0 Å². The second-order valence-electron chi connectivity index (χ2n) is 14.5. The van der Waals surface area contributed by atoms with E-state index in [0.717, 1.165) is 70.6 Å². The molecule has 6 atom stereocenters. The average Bonchev–Trinajstić information content (AvgIpc) is 3.18. The summed E-state index contributed by atoms with van der Waals surface area (Å²) in [6.07, 6.45) is 31.8. The van der Waals surface area contributed by atoms with Gasteiger partial charge in [-0.3, -0.25) is 9.59 Å². The van der Waals surface area contributed by atoms with Crippen molar-refractivity contribution in [3.05, 3.63) is 54.3 Å². The summed E-state index contributed by atoms with van der Waals surface area (Å²) in [5, 5.41) is 40.0. The number of hydrogen-bond acceptors (Lipinski definition) is 10. The Kier molecular flexibility index (Phi) is 32.9. The second kappa shape index (κ2) is 35.8. The Morgan fingerprint density at radius 3 is 1.76 bits per heavy atom. The van der Waals surface area contributed by atoms with Gasteiger partial charge in [-0.1, -0.05) is 108 Å². The van der Waals surface area contributed by atoms with Crippen LogP contribution in [0.2, 0.25) is 0 Å². The lowest BCUT2D eigenvalue weighted by atomic mass is 9.99. The lowest BCUT2D eigenvalue weighted by molar-refractivity contribution is -0.305. The summed E-state index contributed by atoms with van der Waals surface area (Å²) >= 11 is 0. The predicted molar refractivity (Wildman–Crippen MR) is 218 cm³/mol. The Hall–Kier alpha value is -2.56. The fourth-order valence-corrected chi connectivity index (χ4v) is 5.99. The Labute approximate surface area is 332 Å². The minimum absolute atomic E-state index is 0.175. The van der Waals surface area contributed by atoms with Crippen molar-refractivity contribution >= 4 is 11.9 Å². The fraction of sp³-hybridized carbons (Fsp3) is 0.756. The van der Waals surface area contributed by atoms with E-state index in [-0.39, 0.29) is 26.1 Å². The number of ether oxygens (including phenoxy) is 4. The van der Waals surface area contributed by atoms with Gasteiger partial charge >= 0.3 is 11.9 Å². The van der Waals surface area contributed by atoms with Crippen molar-refractivity contribution in [2.24, 2.45) is 0 Å². The van der Waals surface area contributed by atoms with E-state index in [1.165, 1.54) is 51.4 Å². The molecule has 1 aliphatic rings. The molecule has 0 amide bonds. The normalized spacial score (nSPS) is 20.6. The summed E-state index contributed by atoms with van der Waals surface area (Å²) in [6.45, 7) is 3.30. The van der Waals surface area contributed by atoms with Gasteiger partial charge < -0.3 is 39.4 Å². The summed E-state index contributed by atoms with van der Waals surface area (Å²) in [7, 11) is 0. The van der Waals surface area contributed by atoms with Crippen LogP contribution in [-0.2, 0) is 28.5 Å². The minimum Gasteiger partial charge on any atom is -0.462 e. The number of aliphatic hydroxyl groups excluding tert-OH is 4. The monoisotopic (exact) mass is 777 g/mol. The quantitative estimate of drug-likeness (QED) is 0.0216. The van der Waals surface area contributed by atoms with E-state index in [2.05, 4.69) is 68.2 Å². The molecule has 1 fully saturated rings. The van der Waals surface area contributed by atoms with Crippen LogP contribution in [0, 0.1) is 0 Å². The first-order valence-electron chi connectivity index (χ1n) is 21.5. The van der Waals surface area contributed by atoms with Crippen molar-refractivity contribution in [3.63, 3.8) is 0 Å². The maximum atomic E-state index is 12.7. The Balaban J connectivity index is 2.41. The van der Waals surface area contributed by atoms with Gasteiger partial charge in [0.25, 0.3) is 0 Å². The van der Waals surface area contributed by atoms with E-state index in [1.807, 2.05) is 0 Å². The number of unbranched alkanes of at least 4 members (excludes halogenated alkanes) is 15. The largest absolute Gasteiger partial charge is 0.462 e. The molecule has 55 heavy (non-hydrogen) atoms. The predicted octanol–water partition coefficient (Wildman–Crippen LogP) is 8.65.